The van der Waals surface area contributed by atoms with Crippen LogP contribution in [0.5, 0.6) is 11.5 Å². The molecule has 0 aliphatic carbocycles. The van der Waals surface area contributed by atoms with Gasteiger partial charge in [-0.15, -0.1) is 0 Å². The quantitative estimate of drug-likeness (QED) is 0.258. The summed E-state index contributed by atoms with van der Waals surface area (Å²) in [6, 6.07) is 21.5. The number of hydrogen-bond donors (Lipinski definition) is 1. The van der Waals surface area contributed by atoms with E-state index in [0.717, 1.165) is 5.56 Å². The Kier molecular flexibility index (Phi) is 8.67. The number of amides is 1. The molecule has 0 saturated heterocycles. The Bertz CT molecular complexity index is 1680. The highest BCUT2D eigenvalue weighted by atomic mass is 35.5. The second kappa shape index (κ2) is 12.3. The summed E-state index contributed by atoms with van der Waals surface area (Å²) in [5.74, 6) is 0.130. The summed E-state index contributed by atoms with van der Waals surface area (Å²) in [4.78, 5) is 39.1. The molecule has 0 fully saturated rings. The first kappa shape index (κ1) is 28.1. The van der Waals surface area contributed by atoms with Crippen molar-refractivity contribution in [2.24, 2.45) is 0 Å². The molecule has 0 bridgehead atoms. The average Bonchev–Trinajstić information content (AvgIpc) is 2.96. The van der Waals surface area contributed by atoms with Crippen LogP contribution in [0.15, 0.2) is 83.8 Å². The smallest absolute Gasteiger partial charge is 0.251 e. The first-order chi connectivity index (χ1) is 19.2. The summed E-state index contributed by atoms with van der Waals surface area (Å²) in [5, 5.41) is 12.5. The largest absolute Gasteiger partial charge is 0.495 e. The average molecular weight is 556 g/mol. The van der Waals surface area contributed by atoms with Crippen LogP contribution >= 0.6 is 11.6 Å². The lowest BCUT2D eigenvalue weighted by Crippen LogP contribution is -2.28. The summed E-state index contributed by atoms with van der Waals surface area (Å²) in [6.07, 6.45) is 1.46. The summed E-state index contributed by atoms with van der Waals surface area (Å²) in [5.41, 5.74) is 2.42. The molecule has 1 unspecified atom stereocenters. The van der Waals surface area contributed by atoms with Crippen LogP contribution in [0.2, 0.25) is 5.02 Å². The number of pyridine rings is 1. The number of aromatic nitrogens is 1. The molecular weight excluding hydrogens is 530 g/mol. The summed E-state index contributed by atoms with van der Waals surface area (Å²) in [7, 11) is 2.91. The van der Waals surface area contributed by atoms with Crippen LogP contribution in [0.1, 0.15) is 40.9 Å². The normalized spacial score (nSPS) is 11.3. The fourth-order valence-corrected chi connectivity index (χ4v) is 4.66. The van der Waals surface area contributed by atoms with Crippen LogP contribution in [0.25, 0.3) is 11.1 Å². The van der Waals surface area contributed by atoms with Gasteiger partial charge in [-0.05, 0) is 48.4 Å². The van der Waals surface area contributed by atoms with Gasteiger partial charge in [0.25, 0.3) is 5.56 Å². The van der Waals surface area contributed by atoms with Gasteiger partial charge in [0.1, 0.15) is 17.6 Å². The van der Waals surface area contributed by atoms with E-state index in [1.807, 2.05) is 36.4 Å². The molecule has 4 rings (SSSR count). The van der Waals surface area contributed by atoms with Gasteiger partial charge in [-0.1, -0.05) is 41.9 Å². The van der Waals surface area contributed by atoms with E-state index in [-0.39, 0.29) is 18.1 Å². The van der Waals surface area contributed by atoms with Crippen molar-refractivity contribution in [2.45, 2.75) is 19.4 Å². The fraction of sp³-hybridized carbons (Fsp3) is 0.161. The molecule has 40 heavy (non-hydrogen) atoms. The molecular formula is C31H26ClN3O5. The Morgan fingerprint density at radius 3 is 2.35 bits per heavy atom. The summed E-state index contributed by atoms with van der Waals surface area (Å²) < 4.78 is 12.3. The van der Waals surface area contributed by atoms with Gasteiger partial charge < -0.3 is 19.4 Å². The number of carbonyl (C=O) groups excluding carboxylic acids is 2. The molecule has 1 heterocycles. The number of carbonyl (C=O) groups is 2. The molecule has 4 aromatic rings. The first-order valence-corrected chi connectivity index (χ1v) is 12.7. The highest BCUT2D eigenvalue weighted by Gasteiger charge is 2.23. The number of ether oxygens (including phenoxy) is 2. The third-order valence-corrected chi connectivity index (χ3v) is 6.65. The van der Waals surface area contributed by atoms with E-state index in [9.17, 15) is 19.6 Å². The number of ketones is 1. The van der Waals surface area contributed by atoms with E-state index < -0.39 is 11.6 Å². The molecule has 0 radical (unpaired) electrons. The van der Waals surface area contributed by atoms with Crippen molar-refractivity contribution in [1.82, 2.24) is 4.57 Å². The van der Waals surface area contributed by atoms with E-state index >= 15 is 0 Å². The zero-order chi connectivity index (χ0) is 28.8. The topological polar surface area (TPSA) is 110 Å². The third kappa shape index (κ3) is 6.06. The van der Waals surface area contributed by atoms with Crippen molar-refractivity contribution in [3.05, 3.63) is 111 Å². The minimum absolute atomic E-state index is 0.0788. The lowest BCUT2D eigenvalue weighted by molar-refractivity contribution is -0.116. The molecule has 9 heteroatoms. The molecule has 1 aromatic heterocycles. The van der Waals surface area contributed by atoms with Crippen LogP contribution in [-0.2, 0) is 4.79 Å². The second-order valence-corrected chi connectivity index (χ2v) is 9.39. The van der Waals surface area contributed by atoms with E-state index in [0.29, 0.717) is 44.5 Å². The molecule has 1 N–H and O–H groups in total. The number of Topliss-reactive ketones (excluding diaryl/α,β-unsaturated/α-hetero) is 1. The van der Waals surface area contributed by atoms with Crippen LogP contribution in [0.3, 0.4) is 0 Å². The Balaban J connectivity index is 1.76. The molecule has 8 nitrogen and oxygen atoms in total. The van der Waals surface area contributed by atoms with Gasteiger partial charge in [-0.3, -0.25) is 14.4 Å². The molecule has 1 amide bonds. The first-order valence-electron chi connectivity index (χ1n) is 12.3. The number of nitrogens with zero attached hydrogens (tertiary/aromatic N) is 2. The van der Waals surface area contributed by atoms with E-state index in [1.54, 1.807) is 36.4 Å². The minimum atomic E-state index is -0.677. The summed E-state index contributed by atoms with van der Waals surface area (Å²) in [6.45, 7) is 1.44. The standard InChI is InChI=1S/C31H26ClN3O5/c1-19(36)24-12-10-22(32)13-25(24)26-15-31(38)35(18-29(26)40-3)27(20-7-5-4-6-8-20)16-30(37)34-23-11-9-21(17-33)28(14-23)39-2/h4-15,18,27H,16H2,1-3H3,(H,34,37). The predicted molar refractivity (Wildman–Crippen MR) is 153 cm³/mol. The Morgan fingerprint density at radius 1 is 0.975 bits per heavy atom. The van der Waals surface area contributed by atoms with Crippen molar-refractivity contribution >= 4 is 29.0 Å². The van der Waals surface area contributed by atoms with Crippen molar-refractivity contribution < 1.29 is 19.1 Å². The number of hydrogen-bond acceptors (Lipinski definition) is 6. The molecule has 202 valence electrons. The number of nitrogens with one attached hydrogen (secondary N) is 1. The maximum Gasteiger partial charge on any atom is 0.251 e. The van der Waals surface area contributed by atoms with Gasteiger partial charge in [0.2, 0.25) is 5.91 Å². The highest BCUT2D eigenvalue weighted by Crippen LogP contribution is 2.35. The number of methoxy groups -OCH3 is 2. The molecule has 0 aliphatic heterocycles. The summed E-state index contributed by atoms with van der Waals surface area (Å²) >= 11 is 6.22. The minimum Gasteiger partial charge on any atom is -0.495 e. The van der Waals surface area contributed by atoms with Crippen LogP contribution in [0, 0.1) is 11.3 Å². The molecule has 0 spiro atoms. The van der Waals surface area contributed by atoms with Gasteiger partial charge >= 0.3 is 0 Å². The van der Waals surface area contributed by atoms with Crippen molar-refractivity contribution in [3.8, 4) is 28.7 Å². The Labute approximate surface area is 236 Å². The van der Waals surface area contributed by atoms with Crippen molar-refractivity contribution in [3.63, 3.8) is 0 Å². The number of halogens is 1. The van der Waals surface area contributed by atoms with Crippen LogP contribution in [-0.4, -0.2) is 30.5 Å². The number of rotatable bonds is 9. The van der Waals surface area contributed by atoms with Crippen molar-refractivity contribution in [1.29, 1.82) is 5.26 Å². The van der Waals surface area contributed by atoms with Gasteiger partial charge in [0, 0.05) is 34.0 Å². The van der Waals surface area contributed by atoms with Crippen LogP contribution in [0.4, 0.5) is 5.69 Å². The van der Waals surface area contributed by atoms with Gasteiger partial charge in [0.05, 0.1) is 38.4 Å². The van der Waals surface area contributed by atoms with Crippen molar-refractivity contribution in [2.75, 3.05) is 19.5 Å². The molecule has 0 aliphatic rings. The zero-order valence-corrected chi connectivity index (χ0v) is 22.9. The highest BCUT2D eigenvalue weighted by molar-refractivity contribution is 6.31. The predicted octanol–water partition coefficient (Wildman–Crippen LogP) is 5.88. The number of nitriles is 1. The molecule has 3 aromatic carbocycles. The zero-order valence-electron chi connectivity index (χ0n) is 22.1. The number of benzene rings is 3. The fourth-order valence-electron chi connectivity index (χ4n) is 4.49. The lowest BCUT2D eigenvalue weighted by Gasteiger charge is -2.22. The van der Waals surface area contributed by atoms with Gasteiger partial charge in [0.15, 0.2) is 5.78 Å². The number of anilines is 1. The van der Waals surface area contributed by atoms with Gasteiger partial charge in [-0.2, -0.15) is 5.26 Å². The van der Waals surface area contributed by atoms with Crippen LogP contribution < -0.4 is 20.3 Å². The Morgan fingerprint density at radius 2 is 1.70 bits per heavy atom. The molecule has 1 atom stereocenters. The lowest BCUT2D eigenvalue weighted by atomic mass is 9.97. The SMILES string of the molecule is COc1cc(NC(=O)CC(c2ccccc2)n2cc(OC)c(-c3cc(Cl)ccc3C(C)=O)cc2=O)ccc1C#N. The second-order valence-electron chi connectivity index (χ2n) is 8.95. The maximum absolute atomic E-state index is 13.6. The van der Waals surface area contributed by atoms with E-state index in [1.165, 1.54) is 38.0 Å². The van der Waals surface area contributed by atoms with Gasteiger partial charge in [-0.25, -0.2) is 0 Å². The molecule has 0 saturated carbocycles. The maximum atomic E-state index is 13.6. The van der Waals surface area contributed by atoms with E-state index in [4.69, 9.17) is 21.1 Å². The Hall–Kier alpha value is -4.87. The van der Waals surface area contributed by atoms with E-state index in [2.05, 4.69) is 5.32 Å². The third-order valence-electron chi connectivity index (χ3n) is 6.42. The monoisotopic (exact) mass is 555 g/mol.